The SMILES string of the molecule is CCOCC(C)NS(=O)(=O)c1cc(N)ccc1OC. The van der Waals surface area contributed by atoms with Crippen molar-refractivity contribution < 1.29 is 17.9 Å². The van der Waals surface area contributed by atoms with E-state index < -0.39 is 10.0 Å². The predicted molar refractivity (Wildman–Crippen MR) is 73.7 cm³/mol. The Balaban J connectivity index is 2.96. The average Bonchev–Trinajstić information content (AvgIpc) is 2.35. The summed E-state index contributed by atoms with van der Waals surface area (Å²) in [4.78, 5) is 0.0262. The van der Waals surface area contributed by atoms with Crippen LogP contribution in [0.5, 0.6) is 5.75 Å². The molecular formula is C12H20N2O4S. The highest BCUT2D eigenvalue weighted by atomic mass is 32.2. The fourth-order valence-electron chi connectivity index (χ4n) is 1.56. The first kappa shape index (κ1) is 15.7. The zero-order valence-electron chi connectivity index (χ0n) is 11.3. The Bertz CT molecular complexity index is 516. The first-order chi connectivity index (χ1) is 8.90. The molecule has 0 aliphatic carbocycles. The van der Waals surface area contributed by atoms with Gasteiger partial charge in [0.15, 0.2) is 0 Å². The van der Waals surface area contributed by atoms with Crippen LogP contribution < -0.4 is 15.2 Å². The summed E-state index contributed by atoms with van der Waals surface area (Å²) in [6.07, 6.45) is 0. The van der Waals surface area contributed by atoms with Gasteiger partial charge in [0.2, 0.25) is 10.0 Å². The minimum atomic E-state index is -3.69. The number of hydrogen-bond acceptors (Lipinski definition) is 5. The number of methoxy groups -OCH3 is 1. The van der Waals surface area contributed by atoms with Gasteiger partial charge in [-0.25, -0.2) is 13.1 Å². The van der Waals surface area contributed by atoms with E-state index in [9.17, 15) is 8.42 Å². The lowest BCUT2D eigenvalue weighted by Crippen LogP contribution is -2.36. The van der Waals surface area contributed by atoms with Crippen LogP contribution in [-0.4, -0.2) is 34.8 Å². The summed E-state index contributed by atoms with van der Waals surface area (Å²) in [6, 6.07) is 4.14. The molecule has 0 radical (unpaired) electrons. The van der Waals surface area contributed by atoms with Gasteiger partial charge in [-0.15, -0.1) is 0 Å². The summed E-state index contributed by atoms with van der Waals surface area (Å²) in [5.41, 5.74) is 5.98. The Morgan fingerprint density at radius 3 is 2.68 bits per heavy atom. The van der Waals surface area contributed by atoms with Gasteiger partial charge in [0, 0.05) is 18.3 Å². The van der Waals surface area contributed by atoms with E-state index in [2.05, 4.69) is 4.72 Å². The van der Waals surface area contributed by atoms with Gasteiger partial charge >= 0.3 is 0 Å². The lowest BCUT2D eigenvalue weighted by molar-refractivity contribution is 0.133. The summed E-state index contributed by atoms with van der Waals surface area (Å²) in [7, 11) is -2.28. The first-order valence-corrected chi connectivity index (χ1v) is 7.42. The summed E-state index contributed by atoms with van der Waals surface area (Å²) < 4.78 is 37.2. The molecule has 19 heavy (non-hydrogen) atoms. The van der Waals surface area contributed by atoms with Crippen LogP contribution in [0.3, 0.4) is 0 Å². The van der Waals surface area contributed by atoms with Crippen molar-refractivity contribution in [2.75, 3.05) is 26.1 Å². The van der Waals surface area contributed by atoms with Crippen LogP contribution >= 0.6 is 0 Å². The van der Waals surface area contributed by atoms with Crippen molar-refractivity contribution in [2.45, 2.75) is 24.8 Å². The Hall–Kier alpha value is -1.31. The number of nitrogen functional groups attached to an aromatic ring is 1. The van der Waals surface area contributed by atoms with Crippen LogP contribution in [0.25, 0.3) is 0 Å². The maximum atomic E-state index is 12.2. The summed E-state index contributed by atoms with van der Waals surface area (Å²) in [5.74, 6) is 0.255. The standard InChI is InChI=1S/C12H20N2O4S/c1-4-18-8-9(2)14-19(15,16)12-7-10(13)5-6-11(12)17-3/h5-7,9,14H,4,8,13H2,1-3H3. The summed E-state index contributed by atoms with van der Waals surface area (Å²) >= 11 is 0. The largest absolute Gasteiger partial charge is 0.495 e. The number of sulfonamides is 1. The van der Waals surface area contributed by atoms with Crippen molar-refractivity contribution in [3.05, 3.63) is 18.2 Å². The number of rotatable bonds is 7. The Morgan fingerprint density at radius 1 is 1.42 bits per heavy atom. The minimum absolute atomic E-state index is 0.0262. The van der Waals surface area contributed by atoms with Gasteiger partial charge in [0.1, 0.15) is 10.6 Å². The molecule has 0 amide bonds. The molecule has 1 aromatic carbocycles. The molecule has 1 rings (SSSR count). The second-order valence-electron chi connectivity index (χ2n) is 4.09. The van der Waals surface area contributed by atoms with E-state index in [1.165, 1.54) is 19.2 Å². The molecule has 1 aromatic rings. The molecule has 6 nitrogen and oxygen atoms in total. The van der Waals surface area contributed by atoms with E-state index in [1.807, 2.05) is 6.92 Å². The van der Waals surface area contributed by atoms with Gasteiger partial charge in [-0.1, -0.05) is 0 Å². The highest BCUT2D eigenvalue weighted by molar-refractivity contribution is 7.89. The molecule has 0 saturated heterocycles. The Labute approximate surface area is 113 Å². The van der Waals surface area contributed by atoms with Gasteiger partial charge in [-0.2, -0.15) is 0 Å². The Morgan fingerprint density at radius 2 is 2.11 bits per heavy atom. The van der Waals surface area contributed by atoms with E-state index in [4.69, 9.17) is 15.2 Å². The van der Waals surface area contributed by atoms with E-state index in [0.717, 1.165) is 0 Å². The van der Waals surface area contributed by atoms with Crippen molar-refractivity contribution in [1.82, 2.24) is 4.72 Å². The molecule has 7 heteroatoms. The van der Waals surface area contributed by atoms with Crippen LogP contribution in [0.4, 0.5) is 5.69 Å². The highest BCUT2D eigenvalue weighted by Gasteiger charge is 2.22. The lowest BCUT2D eigenvalue weighted by Gasteiger charge is -2.16. The second-order valence-corrected chi connectivity index (χ2v) is 5.77. The van der Waals surface area contributed by atoms with E-state index in [0.29, 0.717) is 18.9 Å². The molecule has 0 spiro atoms. The molecule has 0 heterocycles. The number of benzene rings is 1. The zero-order chi connectivity index (χ0) is 14.5. The van der Waals surface area contributed by atoms with Crippen LogP contribution in [-0.2, 0) is 14.8 Å². The minimum Gasteiger partial charge on any atom is -0.495 e. The molecule has 1 atom stereocenters. The molecule has 0 fully saturated rings. The maximum Gasteiger partial charge on any atom is 0.244 e. The van der Waals surface area contributed by atoms with E-state index in [-0.39, 0.29) is 16.7 Å². The summed E-state index contributed by atoms with van der Waals surface area (Å²) in [6.45, 7) is 4.42. The molecule has 1 unspecified atom stereocenters. The normalized spacial score (nSPS) is 13.2. The fourth-order valence-corrected chi connectivity index (χ4v) is 2.99. The smallest absolute Gasteiger partial charge is 0.244 e. The van der Waals surface area contributed by atoms with Crippen LogP contribution in [0, 0.1) is 0 Å². The number of nitrogens with one attached hydrogen (secondary N) is 1. The van der Waals surface area contributed by atoms with Crippen LogP contribution in [0.15, 0.2) is 23.1 Å². The van der Waals surface area contributed by atoms with Gasteiger partial charge in [0.25, 0.3) is 0 Å². The van der Waals surface area contributed by atoms with Crippen molar-refractivity contribution in [3.63, 3.8) is 0 Å². The van der Waals surface area contributed by atoms with Crippen LogP contribution in [0.1, 0.15) is 13.8 Å². The molecule has 0 saturated carbocycles. The monoisotopic (exact) mass is 288 g/mol. The third-order valence-electron chi connectivity index (χ3n) is 2.41. The van der Waals surface area contributed by atoms with Gasteiger partial charge in [-0.3, -0.25) is 0 Å². The number of nitrogens with two attached hydrogens (primary N) is 1. The fraction of sp³-hybridized carbons (Fsp3) is 0.500. The molecule has 0 aliphatic rings. The zero-order valence-corrected chi connectivity index (χ0v) is 12.2. The Kier molecular flexibility index (Phi) is 5.59. The second kappa shape index (κ2) is 6.74. The molecule has 0 aromatic heterocycles. The highest BCUT2D eigenvalue weighted by Crippen LogP contribution is 2.25. The molecular weight excluding hydrogens is 268 g/mol. The average molecular weight is 288 g/mol. The van der Waals surface area contributed by atoms with Gasteiger partial charge in [-0.05, 0) is 32.0 Å². The predicted octanol–water partition coefficient (Wildman–Crippen LogP) is 0.981. The number of hydrogen-bond donors (Lipinski definition) is 2. The third-order valence-corrected chi connectivity index (χ3v) is 4.02. The van der Waals surface area contributed by atoms with Gasteiger partial charge in [0.05, 0.1) is 13.7 Å². The molecule has 3 N–H and O–H groups in total. The first-order valence-electron chi connectivity index (χ1n) is 5.94. The van der Waals surface area contributed by atoms with Crippen molar-refractivity contribution in [1.29, 1.82) is 0 Å². The van der Waals surface area contributed by atoms with E-state index >= 15 is 0 Å². The van der Waals surface area contributed by atoms with Gasteiger partial charge < -0.3 is 15.2 Å². The third kappa shape index (κ3) is 4.38. The molecule has 0 aliphatic heterocycles. The van der Waals surface area contributed by atoms with Crippen molar-refractivity contribution in [2.24, 2.45) is 0 Å². The summed E-state index contributed by atoms with van der Waals surface area (Å²) in [5, 5.41) is 0. The number of ether oxygens (including phenoxy) is 2. The van der Waals surface area contributed by atoms with Crippen molar-refractivity contribution >= 4 is 15.7 Å². The molecule has 108 valence electrons. The van der Waals surface area contributed by atoms with Crippen molar-refractivity contribution in [3.8, 4) is 5.75 Å². The van der Waals surface area contributed by atoms with E-state index in [1.54, 1.807) is 13.0 Å². The number of anilines is 1. The topological polar surface area (TPSA) is 90.7 Å². The molecule has 0 bridgehead atoms. The maximum absolute atomic E-state index is 12.2. The van der Waals surface area contributed by atoms with Crippen LogP contribution in [0.2, 0.25) is 0 Å². The lowest BCUT2D eigenvalue weighted by atomic mass is 10.3. The quantitative estimate of drug-likeness (QED) is 0.730.